The molecule has 0 saturated carbocycles. The van der Waals surface area contributed by atoms with Crippen LogP contribution in [-0.2, 0) is 0 Å². The molecule has 0 radical (unpaired) electrons. The minimum absolute atomic E-state index is 0.255. The summed E-state index contributed by atoms with van der Waals surface area (Å²) in [7, 11) is 0. The zero-order valence-electron chi connectivity index (χ0n) is 9.25. The van der Waals surface area contributed by atoms with E-state index >= 15 is 0 Å². The maximum atomic E-state index is 11.7. The van der Waals surface area contributed by atoms with Gasteiger partial charge in [-0.2, -0.15) is 0 Å². The van der Waals surface area contributed by atoms with Crippen LogP contribution in [0.4, 0.5) is 5.69 Å². The highest BCUT2D eigenvalue weighted by Gasteiger charge is 2.06. The van der Waals surface area contributed by atoms with E-state index < -0.39 is 0 Å². The first kappa shape index (κ1) is 11.6. The molecular weight excluding hydrogens is 234 g/mol. The molecule has 0 aliphatic rings. The molecule has 5 heteroatoms. The molecule has 86 valence electrons. The topological polar surface area (TPSA) is 54.9 Å². The number of carbonyl (C=O) groups excluding carboxylic acids is 1. The van der Waals surface area contributed by atoms with E-state index in [9.17, 15) is 4.79 Å². The first-order valence-electron chi connectivity index (χ1n) is 5.01. The number of carbonyl (C=O) groups is 1. The Bertz CT molecular complexity index is 499. The number of hydrogen-bond donors (Lipinski definition) is 1. The molecule has 2 aromatic rings. The highest BCUT2D eigenvalue weighted by Crippen LogP contribution is 2.17. The minimum Gasteiger partial charge on any atom is -0.321 e. The zero-order chi connectivity index (χ0) is 12.1. The van der Waals surface area contributed by atoms with Gasteiger partial charge >= 0.3 is 0 Å². The van der Waals surface area contributed by atoms with Crippen molar-refractivity contribution < 1.29 is 4.79 Å². The summed E-state index contributed by atoms with van der Waals surface area (Å²) in [6.45, 7) is 0. The molecule has 0 saturated heterocycles. The van der Waals surface area contributed by atoms with Gasteiger partial charge in [-0.05, 0) is 30.5 Å². The van der Waals surface area contributed by atoms with Gasteiger partial charge in [0.2, 0.25) is 0 Å². The minimum atomic E-state index is -0.255. The Hall–Kier alpha value is -1.88. The molecule has 4 nitrogen and oxygen atoms in total. The monoisotopic (exact) mass is 245 g/mol. The Morgan fingerprint density at radius 2 is 2.00 bits per heavy atom. The zero-order valence-corrected chi connectivity index (χ0v) is 10.1. The Morgan fingerprint density at radius 1 is 1.24 bits per heavy atom. The van der Waals surface area contributed by atoms with E-state index in [0.29, 0.717) is 5.69 Å². The van der Waals surface area contributed by atoms with Crippen molar-refractivity contribution in [1.29, 1.82) is 0 Å². The Kier molecular flexibility index (Phi) is 3.72. The number of anilines is 1. The quantitative estimate of drug-likeness (QED) is 0.844. The van der Waals surface area contributed by atoms with E-state index in [1.54, 1.807) is 11.8 Å². The Morgan fingerprint density at radius 3 is 2.59 bits per heavy atom. The lowest BCUT2D eigenvalue weighted by Crippen LogP contribution is -2.13. The molecule has 0 unspecified atom stereocenters. The van der Waals surface area contributed by atoms with Crippen molar-refractivity contribution in [1.82, 2.24) is 9.97 Å². The molecule has 1 aromatic carbocycles. The summed E-state index contributed by atoms with van der Waals surface area (Å²) < 4.78 is 0. The first-order valence-corrected chi connectivity index (χ1v) is 6.23. The molecule has 2 rings (SSSR count). The van der Waals surface area contributed by atoms with Crippen molar-refractivity contribution in [2.45, 2.75) is 4.90 Å². The molecule has 1 N–H and O–H groups in total. The standard InChI is InChI=1S/C12H11N3OS/c1-17-10-4-2-9(3-5-10)15-12(16)11-8-13-6-7-14-11/h2-8H,1H3,(H,15,16). The number of amides is 1. The van der Waals surface area contributed by atoms with Gasteiger partial charge in [-0.1, -0.05) is 0 Å². The fourth-order valence-corrected chi connectivity index (χ4v) is 1.69. The molecule has 0 atom stereocenters. The van der Waals surface area contributed by atoms with Crippen LogP contribution in [0.2, 0.25) is 0 Å². The fourth-order valence-electron chi connectivity index (χ4n) is 1.29. The van der Waals surface area contributed by atoms with Gasteiger partial charge in [0.1, 0.15) is 5.69 Å². The number of benzene rings is 1. The molecule has 1 amide bonds. The predicted molar refractivity (Wildman–Crippen MR) is 68.2 cm³/mol. The van der Waals surface area contributed by atoms with E-state index in [0.717, 1.165) is 10.6 Å². The van der Waals surface area contributed by atoms with Gasteiger partial charge in [0.25, 0.3) is 5.91 Å². The number of thioether (sulfide) groups is 1. The summed E-state index contributed by atoms with van der Waals surface area (Å²) in [5.74, 6) is -0.255. The van der Waals surface area contributed by atoms with Crippen LogP contribution in [0.5, 0.6) is 0 Å². The molecule has 0 fully saturated rings. The molecular formula is C12H11N3OS. The maximum Gasteiger partial charge on any atom is 0.275 e. The van der Waals surface area contributed by atoms with E-state index in [1.165, 1.54) is 18.6 Å². The summed E-state index contributed by atoms with van der Waals surface area (Å²) in [4.78, 5) is 20.7. The van der Waals surface area contributed by atoms with Crippen molar-refractivity contribution in [2.75, 3.05) is 11.6 Å². The summed E-state index contributed by atoms with van der Waals surface area (Å²) in [5.41, 5.74) is 1.06. The predicted octanol–water partition coefficient (Wildman–Crippen LogP) is 2.45. The lowest BCUT2D eigenvalue weighted by molar-refractivity contribution is 0.102. The van der Waals surface area contributed by atoms with Gasteiger partial charge < -0.3 is 5.32 Å². The summed E-state index contributed by atoms with van der Waals surface area (Å²) in [6.07, 6.45) is 6.47. The molecule has 0 aliphatic heterocycles. The van der Waals surface area contributed by atoms with Crippen LogP contribution in [0.25, 0.3) is 0 Å². The van der Waals surface area contributed by atoms with Gasteiger partial charge in [0, 0.05) is 23.0 Å². The van der Waals surface area contributed by atoms with Crippen LogP contribution in [0.1, 0.15) is 10.5 Å². The lowest BCUT2D eigenvalue weighted by atomic mass is 10.3. The number of nitrogens with zero attached hydrogens (tertiary/aromatic N) is 2. The fraction of sp³-hybridized carbons (Fsp3) is 0.0833. The van der Waals surface area contributed by atoms with E-state index in [1.807, 2.05) is 30.5 Å². The highest BCUT2D eigenvalue weighted by atomic mass is 32.2. The second kappa shape index (κ2) is 5.45. The van der Waals surface area contributed by atoms with Crippen molar-refractivity contribution in [3.63, 3.8) is 0 Å². The van der Waals surface area contributed by atoms with Crippen LogP contribution < -0.4 is 5.32 Å². The average molecular weight is 245 g/mol. The van der Waals surface area contributed by atoms with Crippen LogP contribution in [0.15, 0.2) is 47.8 Å². The number of aromatic nitrogens is 2. The first-order chi connectivity index (χ1) is 8.29. The van der Waals surface area contributed by atoms with Crippen molar-refractivity contribution in [3.05, 3.63) is 48.5 Å². The molecule has 0 aliphatic carbocycles. The van der Waals surface area contributed by atoms with Crippen LogP contribution >= 0.6 is 11.8 Å². The average Bonchev–Trinajstić information content (AvgIpc) is 2.40. The summed E-state index contributed by atoms with van der Waals surface area (Å²) >= 11 is 1.66. The second-order valence-electron chi connectivity index (χ2n) is 3.27. The summed E-state index contributed by atoms with van der Waals surface area (Å²) in [6, 6.07) is 7.63. The smallest absolute Gasteiger partial charge is 0.275 e. The van der Waals surface area contributed by atoms with E-state index in [4.69, 9.17) is 0 Å². The Balaban J connectivity index is 2.08. The number of rotatable bonds is 3. The SMILES string of the molecule is CSc1ccc(NC(=O)c2cnccn2)cc1. The lowest BCUT2D eigenvalue weighted by Gasteiger charge is -2.04. The van der Waals surface area contributed by atoms with Crippen LogP contribution in [-0.4, -0.2) is 22.1 Å². The van der Waals surface area contributed by atoms with Crippen LogP contribution in [0.3, 0.4) is 0 Å². The number of hydrogen-bond acceptors (Lipinski definition) is 4. The van der Waals surface area contributed by atoms with E-state index in [-0.39, 0.29) is 5.91 Å². The molecule has 0 spiro atoms. The van der Waals surface area contributed by atoms with E-state index in [2.05, 4.69) is 15.3 Å². The normalized spacial score (nSPS) is 9.94. The van der Waals surface area contributed by atoms with Gasteiger partial charge in [-0.15, -0.1) is 11.8 Å². The third-order valence-electron chi connectivity index (χ3n) is 2.14. The van der Waals surface area contributed by atoms with Gasteiger partial charge in [-0.25, -0.2) is 4.98 Å². The van der Waals surface area contributed by atoms with Gasteiger partial charge in [0.05, 0.1) is 6.20 Å². The molecule has 0 bridgehead atoms. The molecule has 17 heavy (non-hydrogen) atoms. The highest BCUT2D eigenvalue weighted by molar-refractivity contribution is 7.98. The number of nitrogens with one attached hydrogen (secondary N) is 1. The van der Waals surface area contributed by atoms with Crippen LogP contribution in [0, 0.1) is 0 Å². The van der Waals surface area contributed by atoms with Crippen molar-refractivity contribution >= 4 is 23.4 Å². The maximum absolute atomic E-state index is 11.7. The summed E-state index contributed by atoms with van der Waals surface area (Å²) in [5, 5.41) is 2.76. The largest absolute Gasteiger partial charge is 0.321 e. The van der Waals surface area contributed by atoms with Gasteiger partial charge in [-0.3, -0.25) is 9.78 Å². The molecule has 1 heterocycles. The van der Waals surface area contributed by atoms with Gasteiger partial charge in [0.15, 0.2) is 0 Å². The second-order valence-corrected chi connectivity index (χ2v) is 4.15. The van der Waals surface area contributed by atoms with Crippen molar-refractivity contribution in [2.24, 2.45) is 0 Å². The molecule has 1 aromatic heterocycles. The Labute approximate surface area is 103 Å². The third-order valence-corrected chi connectivity index (χ3v) is 2.89. The third kappa shape index (κ3) is 3.04. The van der Waals surface area contributed by atoms with Crippen molar-refractivity contribution in [3.8, 4) is 0 Å².